The van der Waals surface area contributed by atoms with E-state index >= 15 is 4.39 Å². The Morgan fingerprint density at radius 3 is 2.60 bits per heavy atom. The summed E-state index contributed by atoms with van der Waals surface area (Å²) in [6, 6.07) is 4.09. The van der Waals surface area contributed by atoms with Crippen molar-refractivity contribution in [1.82, 2.24) is 4.90 Å². The Labute approximate surface area is 145 Å². The molecule has 3 aliphatic carbocycles. The number of methoxy groups -OCH3 is 1. The number of amides is 1. The number of likely N-dealkylation sites (tertiary alicyclic amines) is 1. The Kier molecular flexibility index (Phi) is 3.63. The molecule has 1 unspecified atom stereocenters. The molecule has 1 aliphatic heterocycles. The standard InChI is InChI=1S/C19H21F2NO3/c1-25-16(23)13-4-2-5-14(15(13)20)19(21)6-3-7-22(11-19)17(24)18-8-12(9-18)10-18/h2,4-5,12H,3,6-11H2,1H3. The summed E-state index contributed by atoms with van der Waals surface area (Å²) in [5.41, 5.74) is -2.69. The molecule has 1 amide bonds. The first-order valence-corrected chi connectivity index (χ1v) is 8.74. The lowest BCUT2D eigenvalue weighted by molar-refractivity contribution is -0.180. The first-order valence-electron chi connectivity index (χ1n) is 8.74. The zero-order chi connectivity index (χ0) is 17.8. The third kappa shape index (κ3) is 2.37. The molecule has 4 aliphatic rings. The number of carbonyl (C=O) groups excluding carboxylic acids is 2. The van der Waals surface area contributed by atoms with Crippen molar-refractivity contribution >= 4 is 11.9 Å². The molecule has 1 aromatic rings. The van der Waals surface area contributed by atoms with Crippen molar-refractivity contribution < 1.29 is 23.1 Å². The summed E-state index contributed by atoms with van der Waals surface area (Å²) in [6.45, 7) is 0.356. The predicted octanol–water partition coefficient (Wildman–Crippen LogP) is 3.20. The van der Waals surface area contributed by atoms with Gasteiger partial charge >= 0.3 is 5.97 Å². The minimum Gasteiger partial charge on any atom is -0.465 e. The van der Waals surface area contributed by atoms with Crippen molar-refractivity contribution in [3.63, 3.8) is 0 Å². The van der Waals surface area contributed by atoms with Gasteiger partial charge in [-0.15, -0.1) is 0 Å². The van der Waals surface area contributed by atoms with Crippen LogP contribution < -0.4 is 0 Å². The lowest BCUT2D eigenvalue weighted by atomic mass is 9.44. The number of piperidine rings is 1. The number of alkyl halides is 1. The summed E-state index contributed by atoms with van der Waals surface area (Å²) in [7, 11) is 1.16. The van der Waals surface area contributed by atoms with Gasteiger partial charge in [0.05, 0.1) is 24.6 Å². The van der Waals surface area contributed by atoms with Crippen molar-refractivity contribution in [2.75, 3.05) is 20.2 Å². The largest absolute Gasteiger partial charge is 0.465 e. The summed E-state index contributed by atoms with van der Waals surface area (Å²) < 4.78 is 35.0. The van der Waals surface area contributed by atoms with Gasteiger partial charge in [-0.3, -0.25) is 4.79 Å². The molecule has 25 heavy (non-hydrogen) atoms. The maximum absolute atomic E-state index is 15.7. The Bertz CT molecular complexity index is 733. The SMILES string of the molecule is COC(=O)c1cccc(C2(F)CCCN(C(=O)C34CC(C3)C4)C2)c1F. The van der Waals surface area contributed by atoms with Gasteiger partial charge in [0.1, 0.15) is 5.82 Å². The van der Waals surface area contributed by atoms with Gasteiger partial charge in [0, 0.05) is 12.1 Å². The number of hydrogen-bond acceptors (Lipinski definition) is 3. The molecule has 2 bridgehead atoms. The van der Waals surface area contributed by atoms with Crippen LogP contribution in [0.15, 0.2) is 18.2 Å². The molecular weight excluding hydrogens is 328 g/mol. The number of rotatable bonds is 3. The second-order valence-electron chi connectivity index (χ2n) is 7.71. The molecule has 0 radical (unpaired) electrons. The van der Waals surface area contributed by atoms with E-state index in [1.807, 2.05) is 0 Å². The lowest BCUT2D eigenvalue weighted by Crippen LogP contribution is -2.63. The quantitative estimate of drug-likeness (QED) is 0.788. The maximum atomic E-state index is 15.7. The van der Waals surface area contributed by atoms with Gasteiger partial charge in [-0.2, -0.15) is 0 Å². The van der Waals surface area contributed by atoms with Gasteiger partial charge < -0.3 is 9.64 Å². The monoisotopic (exact) mass is 349 g/mol. The van der Waals surface area contributed by atoms with Crippen LogP contribution in [0, 0.1) is 17.2 Å². The van der Waals surface area contributed by atoms with Crippen molar-refractivity contribution in [3.05, 3.63) is 35.1 Å². The number of ether oxygens (including phenoxy) is 1. The fourth-order valence-corrected chi connectivity index (χ4v) is 4.63. The van der Waals surface area contributed by atoms with E-state index in [0.717, 1.165) is 26.4 Å². The van der Waals surface area contributed by atoms with E-state index in [4.69, 9.17) is 0 Å². The highest BCUT2D eigenvalue weighted by atomic mass is 19.1. The molecule has 5 rings (SSSR count). The minimum absolute atomic E-state index is 0.0151. The van der Waals surface area contributed by atoms with Gasteiger partial charge in [-0.1, -0.05) is 12.1 Å². The summed E-state index contributed by atoms with van der Waals surface area (Å²) in [5, 5.41) is 0. The third-order valence-corrected chi connectivity index (χ3v) is 6.11. The van der Waals surface area contributed by atoms with E-state index in [0.29, 0.717) is 18.9 Å². The average Bonchev–Trinajstić information content (AvgIpc) is 2.51. The second kappa shape index (κ2) is 5.51. The zero-order valence-electron chi connectivity index (χ0n) is 14.2. The zero-order valence-corrected chi connectivity index (χ0v) is 14.2. The van der Waals surface area contributed by atoms with Crippen LogP contribution in [0.1, 0.15) is 48.0 Å². The third-order valence-electron chi connectivity index (χ3n) is 6.11. The molecule has 0 spiro atoms. The highest BCUT2D eigenvalue weighted by molar-refractivity contribution is 5.90. The normalized spacial score (nSPS) is 33.2. The molecule has 1 heterocycles. The Morgan fingerprint density at radius 1 is 1.28 bits per heavy atom. The van der Waals surface area contributed by atoms with Crippen LogP contribution in [0.4, 0.5) is 8.78 Å². The van der Waals surface area contributed by atoms with Crippen LogP contribution in [-0.2, 0) is 15.2 Å². The highest BCUT2D eigenvalue weighted by Gasteiger charge is 2.63. The van der Waals surface area contributed by atoms with Crippen LogP contribution >= 0.6 is 0 Å². The van der Waals surface area contributed by atoms with Gasteiger partial charge in [0.15, 0.2) is 5.67 Å². The molecule has 4 nitrogen and oxygen atoms in total. The fourth-order valence-electron chi connectivity index (χ4n) is 4.63. The summed E-state index contributed by atoms with van der Waals surface area (Å²) in [5.74, 6) is -1.04. The van der Waals surface area contributed by atoms with E-state index in [1.54, 1.807) is 4.90 Å². The van der Waals surface area contributed by atoms with E-state index in [9.17, 15) is 14.0 Å². The van der Waals surface area contributed by atoms with Crippen LogP contribution in [0.2, 0.25) is 0 Å². The predicted molar refractivity (Wildman–Crippen MR) is 86.1 cm³/mol. The Hall–Kier alpha value is -1.98. The highest BCUT2D eigenvalue weighted by Crippen LogP contribution is 2.65. The van der Waals surface area contributed by atoms with E-state index in [-0.39, 0.29) is 35.4 Å². The number of nitrogens with zero attached hydrogens (tertiary/aromatic N) is 1. The van der Waals surface area contributed by atoms with Crippen molar-refractivity contribution in [1.29, 1.82) is 0 Å². The molecule has 1 aromatic carbocycles. The number of halogens is 2. The van der Waals surface area contributed by atoms with Crippen molar-refractivity contribution in [2.45, 2.75) is 37.8 Å². The van der Waals surface area contributed by atoms with Crippen LogP contribution in [-0.4, -0.2) is 37.0 Å². The topological polar surface area (TPSA) is 46.6 Å². The lowest BCUT2D eigenvalue weighted by Gasteiger charge is -2.61. The molecule has 6 heteroatoms. The average molecular weight is 349 g/mol. The Morgan fingerprint density at radius 2 is 2.00 bits per heavy atom. The summed E-state index contributed by atoms with van der Waals surface area (Å²) >= 11 is 0. The summed E-state index contributed by atoms with van der Waals surface area (Å²) in [6.07, 6.45) is 3.34. The molecule has 0 N–H and O–H groups in total. The van der Waals surface area contributed by atoms with E-state index in [1.165, 1.54) is 18.2 Å². The van der Waals surface area contributed by atoms with Crippen molar-refractivity contribution in [2.24, 2.45) is 11.3 Å². The van der Waals surface area contributed by atoms with Gasteiger partial charge in [-0.25, -0.2) is 13.6 Å². The summed E-state index contributed by atoms with van der Waals surface area (Å²) in [4.78, 5) is 26.0. The maximum Gasteiger partial charge on any atom is 0.340 e. The molecular formula is C19H21F2NO3. The molecule has 1 atom stereocenters. The van der Waals surface area contributed by atoms with Crippen LogP contribution in [0.5, 0.6) is 0 Å². The first-order chi connectivity index (χ1) is 11.9. The van der Waals surface area contributed by atoms with E-state index in [2.05, 4.69) is 4.74 Å². The number of esters is 1. The fraction of sp³-hybridized carbons (Fsp3) is 0.579. The Balaban J connectivity index is 1.60. The smallest absolute Gasteiger partial charge is 0.340 e. The minimum atomic E-state index is -1.98. The molecule has 4 fully saturated rings. The number of benzene rings is 1. The molecule has 1 saturated heterocycles. The molecule has 134 valence electrons. The van der Waals surface area contributed by atoms with E-state index < -0.39 is 17.5 Å². The van der Waals surface area contributed by atoms with Crippen LogP contribution in [0.3, 0.4) is 0 Å². The number of hydrogen-bond donors (Lipinski definition) is 0. The second-order valence-corrected chi connectivity index (χ2v) is 7.71. The number of carbonyl (C=O) groups is 2. The molecule has 0 aromatic heterocycles. The van der Waals surface area contributed by atoms with Crippen molar-refractivity contribution in [3.8, 4) is 0 Å². The first kappa shape index (κ1) is 16.5. The van der Waals surface area contributed by atoms with Gasteiger partial charge in [0.2, 0.25) is 5.91 Å². The van der Waals surface area contributed by atoms with Gasteiger partial charge in [-0.05, 0) is 44.1 Å². The van der Waals surface area contributed by atoms with Crippen LogP contribution in [0.25, 0.3) is 0 Å². The molecule has 3 saturated carbocycles. The van der Waals surface area contributed by atoms with Gasteiger partial charge in [0.25, 0.3) is 0 Å².